The molecule has 2 unspecified atom stereocenters. The van der Waals surface area contributed by atoms with Crippen molar-refractivity contribution in [1.29, 1.82) is 0 Å². The molecule has 270 valence electrons. The van der Waals surface area contributed by atoms with Crippen LogP contribution in [0.25, 0.3) is 0 Å². The topological polar surface area (TPSA) is 108 Å². The number of ether oxygens (including phenoxy) is 2. The van der Waals surface area contributed by atoms with Gasteiger partial charge in [-0.1, -0.05) is 113 Å². The first-order chi connectivity index (χ1) is 22.8. The smallest absolute Gasteiger partial charge is 0.462 e. The summed E-state index contributed by atoms with van der Waals surface area (Å²) < 4.78 is 32.4. The van der Waals surface area contributed by atoms with Crippen LogP contribution < -0.4 is 0 Å². The Labute approximate surface area is 286 Å². The number of carbonyl (C=O) groups excluding carboxylic acids is 2. The van der Waals surface area contributed by atoms with E-state index in [-0.39, 0.29) is 26.1 Å². The van der Waals surface area contributed by atoms with E-state index in [4.69, 9.17) is 18.5 Å². The number of hydrogen-bond acceptors (Lipinski definition) is 7. The molecule has 0 fully saturated rings. The summed E-state index contributed by atoms with van der Waals surface area (Å²) >= 11 is 0. The molecule has 0 aromatic heterocycles. The minimum atomic E-state index is -4.28. The quantitative estimate of drug-likeness (QED) is 0.0324. The van der Waals surface area contributed by atoms with Crippen LogP contribution in [0.1, 0.15) is 143 Å². The average molecular weight is 681 g/mol. The van der Waals surface area contributed by atoms with Gasteiger partial charge < -0.3 is 14.4 Å². The third-order valence-electron chi connectivity index (χ3n) is 7.04. The normalized spacial score (nSPS) is 14.2. The summed E-state index contributed by atoms with van der Waals surface area (Å²) in [5.41, 5.74) is 0. The number of phosphoric acid groups is 1. The van der Waals surface area contributed by atoms with Gasteiger partial charge in [0.15, 0.2) is 6.10 Å². The fourth-order valence-electron chi connectivity index (χ4n) is 4.44. The van der Waals surface area contributed by atoms with Crippen LogP contribution in [0.3, 0.4) is 0 Å². The molecule has 8 nitrogen and oxygen atoms in total. The molecule has 0 radical (unpaired) electrons. The Kier molecular flexibility index (Phi) is 32.0. The lowest BCUT2D eigenvalue weighted by molar-refractivity contribution is -0.161. The lowest BCUT2D eigenvalue weighted by Gasteiger charge is -2.19. The number of phosphoric ester groups is 1. The first kappa shape index (κ1) is 44.8. The predicted octanol–water partition coefficient (Wildman–Crippen LogP) is 10.8. The number of carbonyl (C=O) groups is 2. The van der Waals surface area contributed by atoms with Gasteiger partial charge in [-0.15, -0.1) is 0 Å². The van der Waals surface area contributed by atoms with Crippen molar-refractivity contribution >= 4 is 19.8 Å². The van der Waals surface area contributed by atoms with E-state index in [0.29, 0.717) is 6.42 Å². The second-order valence-corrected chi connectivity index (χ2v) is 13.0. The summed E-state index contributed by atoms with van der Waals surface area (Å²) in [6.07, 6.45) is 38.5. The van der Waals surface area contributed by atoms with Gasteiger partial charge in [-0.3, -0.25) is 18.6 Å². The van der Waals surface area contributed by atoms with Crippen LogP contribution in [-0.2, 0) is 32.7 Å². The fourth-order valence-corrected chi connectivity index (χ4v) is 5.20. The van der Waals surface area contributed by atoms with E-state index in [1.165, 1.54) is 6.42 Å². The van der Waals surface area contributed by atoms with Gasteiger partial charge in [0.05, 0.1) is 13.2 Å². The highest BCUT2D eigenvalue weighted by Gasteiger charge is 2.25. The van der Waals surface area contributed by atoms with Crippen LogP contribution in [0.4, 0.5) is 0 Å². The van der Waals surface area contributed by atoms with E-state index in [1.807, 2.05) is 0 Å². The van der Waals surface area contributed by atoms with Gasteiger partial charge in [-0.05, 0) is 77.6 Å². The van der Waals surface area contributed by atoms with Gasteiger partial charge in [-0.25, -0.2) is 4.57 Å². The Morgan fingerprint density at radius 3 is 1.66 bits per heavy atom. The SMILES string of the molecule is CC/C=C\C/C=C\C/C=C\C/C=C\CCCCCCC(=O)OC(COC(=O)CCCCCCC/C=C\CCC)COP(=O)(O)OCC. The molecule has 0 saturated heterocycles. The maximum absolute atomic E-state index is 12.5. The number of rotatable bonds is 32. The molecule has 1 N–H and O–H groups in total. The summed E-state index contributed by atoms with van der Waals surface area (Å²) in [7, 11) is -4.28. The van der Waals surface area contributed by atoms with Crippen molar-refractivity contribution in [1.82, 2.24) is 0 Å². The summed E-state index contributed by atoms with van der Waals surface area (Å²) in [5.74, 6) is -0.846. The molecule has 0 aliphatic carbocycles. The minimum Gasteiger partial charge on any atom is -0.462 e. The predicted molar refractivity (Wildman–Crippen MR) is 193 cm³/mol. The van der Waals surface area contributed by atoms with E-state index in [2.05, 4.69) is 74.6 Å². The summed E-state index contributed by atoms with van der Waals surface area (Å²) in [4.78, 5) is 34.5. The van der Waals surface area contributed by atoms with Crippen molar-refractivity contribution in [2.45, 2.75) is 149 Å². The molecule has 0 aromatic rings. The zero-order valence-electron chi connectivity index (χ0n) is 29.7. The molecule has 0 amide bonds. The molecule has 0 aliphatic heterocycles. The van der Waals surface area contributed by atoms with Gasteiger partial charge in [-0.2, -0.15) is 0 Å². The van der Waals surface area contributed by atoms with Crippen LogP contribution in [0, 0.1) is 0 Å². The number of unbranched alkanes of at least 4 members (excludes halogenated alkanes) is 10. The van der Waals surface area contributed by atoms with E-state index in [1.54, 1.807) is 6.92 Å². The highest BCUT2D eigenvalue weighted by atomic mass is 31.2. The molecular weight excluding hydrogens is 615 g/mol. The van der Waals surface area contributed by atoms with Crippen LogP contribution in [-0.4, -0.2) is 42.8 Å². The third kappa shape index (κ3) is 33.4. The lowest BCUT2D eigenvalue weighted by Crippen LogP contribution is -2.29. The molecule has 9 heteroatoms. The molecule has 0 spiro atoms. The first-order valence-electron chi connectivity index (χ1n) is 18.1. The van der Waals surface area contributed by atoms with Crippen molar-refractivity contribution in [2.24, 2.45) is 0 Å². The van der Waals surface area contributed by atoms with E-state index in [9.17, 15) is 19.0 Å². The molecule has 0 rings (SSSR count). The van der Waals surface area contributed by atoms with E-state index >= 15 is 0 Å². The standard InChI is InChI=1S/C38H65O8P/c1-4-7-9-11-13-15-17-18-19-20-21-22-23-25-27-29-31-33-38(40)46-36(35-45-47(41,42)44-6-3)34-43-37(39)32-30-28-26-24-16-14-12-10-8-5-2/h7,9-10,12-13,15,18-19,21-22,36H,4-6,8,11,14,16-17,20,23-35H2,1-3H3,(H,41,42)/b9-7-,12-10-,15-13-,19-18-,22-21-. The molecule has 0 saturated carbocycles. The Morgan fingerprint density at radius 2 is 1.09 bits per heavy atom. The highest BCUT2D eigenvalue weighted by molar-refractivity contribution is 7.47. The average Bonchev–Trinajstić information content (AvgIpc) is 3.04. The van der Waals surface area contributed by atoms with Crippen LogP contribution in [0.15, 0.2) is 60.8 Å². The van der Waals surface area contributed by atoms with Crippen molar-refractivity contribution in [2.75, 3.05) is 19.8 Å². The molecule has 0 bridgehead atoms. The second kappa shape index (κ2) is 33.6. The third-order valence-corrected chi connectivity index (χ3v) is 8.10. The Balaban J connectivity index is 4.24. The Hall–Kier alpha value is -2.25. The molecule has 0 aliphatic rings. The van der Waals surface area contributed by atoms with Gasteiger partial charge in [0.2, 0.25) is 0 Å². The Morgan fingerprint density at radius 1 is 0.596 bits per heavy atom. The lowest BCUT2D eigenvalue weighted by atomic mass is 10.1. The zero-order valence-corrected chi connectivity index (χ0v) is 30.6. The summed E-state index contributed by atoms with van der Waals surface area (Å²) in [6, 6.07) is 0. The molecular formula is C38H65O8P. The highest BCUT2D eigenvalue weighted by Crippen LogP contribution is 2.43. The molecule has 2 atom stereocenters. The molecule has 0 aromatic carbocycles. The van der Waals surface area contributed by atoms with Crippen LogP contribution >= 0.6 is 7.82 Å². The minimum absolute atomic E-state index is 0.00887. The van der Waals surface area contributed by atoms with Crippen molar-refractivity contribution in [3.05, 3.63) is 60.8 Å². The fraction of sp³-hybridized carbons (Fsp3) is 0.684. The van der Waals surface area contributed by atoms with Crippen LogP contribution in [0.5, 0.6) is 0 Å². The maximum Gasteiger partial charge on any atom is 0.472 e. The number of esters is 2. The zero-order chi connectivity index (χ0) is 34.7. The second-order valence-electron chi connectivity index (χ2n) is 11.5. The van der Waals surface area contributed by atoms with Gasteiger partial charge in [0, 0.05) is 12.8 Å². The van der Waals surface area contributed by atoms with Crippen molar-refractivity contribution in [3.8, 4) is 0 Å². The van der Waals surface area contributed by atoms with Gasteiger partial charge in [0.25, 0.3) is 0 Å². The monoisotopic (exact) mass is 680 g/mol. The Bertz CT molecular complexity index is 953. The molecule has 0 heterocycles. The van der Waals surface area contributed by atoms with Crippen molar-refractivity contribution < 1.29 is 37.6 Å². The van der Waals surface area contributed by atoms with Crippen molar-refractivity contribution in [3.63, 3.8) is 0 Å². The summed E-state index contributed by atoms with van der Waals surface area (Å²) in [5, 5.41) is 0. The number of hydrogen-bond donors (Lipinski definition) is 1. The van der Waals surface area contributed by atoms with Gasteiger partial charge in [0.1, 0.15) is 6.61 Å². The van der Waals surface area contributed by atoms with E-state index in [0.717, 1.165) is 96.3 Å². The first-order valence-corrected chi connectivity index (χ1v) is 19.6. The summed E-state index contributed by atoms with van der Waals surface area (Å²) in [6.45, 7) is 5.22. The number of allylic oxidation sites excluding steroid dienone is 10. The maximum atomic E-state index is 12.5. The largest absolute Gasteiger partial charge is 0.472 e. The van der Waals surface area contributed by atoms with Gasteiger partial charge >= 0.3 is 19.8 Å². The van der Waals surface area contributed by atoms with Crippen LogP contribution in [0.2, 0.25) is 0 Å². The van der Waals surface area contributed by atoms with E-state index < -0.39 is 32.5 Å². The molecule has 47 heavy (non-hydrogen) atoms.